The molecule has 0 aliphatic rings. The molecule has 0 atom stereocenters. The second-order valence-electron chi connectivity index (χ2n) is 6.58. The number of halogens is 3. The maximum absolute atomic E-state index is 15.1. The maximum atomic E-state index is 15.1. The van der Waals surface area contributed by atoms with Crippen LogP contribution in [0, 0.1) is 24.0 Å². The molecule has 0 saturated carbocycles. The summed E-state index contributed by atoms with van der Waals surface area (Å²) in [5.74, 6) is -4.37. The van der Waals surface area contributed by atoms with Crippen LogP contribution in [0.3, 0.4) is 0 Å². The van der Waals surface area contributed by atoms with Crippen LogP contribution in [0.1, 0.15) is 15.9 Å². The number of carbonyl (C=O) groups is 1. The van der Waals surface area contributed by atoms with Crippen molar-refractivity contribution in [1.82, 2.24) is 9.97 Å². The van der Waals surface area contributed by atoms with Crippen molar-refractivity contribution in [3.05, 3.63) is 94.9 Å². The van der Waals surface area contributed by atoms with E-state index in [-0.39, 0.29) is 27.2 Å². The number of nitrogens with zero attached hydrogens (tertiary/aromatic N) is 2. The normalized spacial score (nSPS) is 11.3. The Balaban J connectivity index is 1.77. The minimum absolute atomic E-state index is 0.118. The van der Waals surface area contributed by atoms with Crippen LogP contribution in [0.25, 0.3) is 15.9 Å². The van der Waals surface area contributed by atoms with E-state index >= 15 is 4.39 Å². The van der Waals surface area contributed by atoms with Crippen LogP contribution in [-0.2, 0) is 10.0 Å². The summed E-state index contributed by atoms with van der Waals surface area (Å²) < 4.78 is 69.6. The molecule has 160 valence electrons. The molecule has 0 bridgehead atoms. The van der Waals surface area contributed by atoms with Gasteiger partial charge in [0, 0.05) is 23.3 Å². The first-order valence-corrected chi connectivity index (χ1v) is 10.4. The fourth-order valence-electron chi connectivity index (χ4n) is 3.03. The summed E-state index contributed by atoms with van der Waals surface area (Å²) in [4.78, 5) is 22.5. The fourth-order valence-corrected chi connectivity index (χ4v) is 4.09. The average molecular weight is 456 g/mol. The van der Waals surface area contributed by atoms with Crippen molar-refractivity contribution in [2.45, 2.75) is 4.90 Å². The number of benzene rings is 2. The van der Waals surface area contributed by atoms with E-state index in [1.165, 1.54) is 18.5 Å². The van der Waals surface area contributed by atoms with Crippen LogP contribution in [0.5, 0.6) is 0 Å². The van der Waals surface area contributed by atoms with Crippen LogP contribution in [-0.4, -0.2) is 24.2 Å². The summed E-state index contributed by atoms with van der Waals surface area (Å²) in [6, 6.07) is 6.68. The second-order valence-corrected chi connectivity index (χ2v) is 8.26. The van der Waals surface area contributed by atoms with Crippen molar-refractivity contribution in [3.8, 4) is 0 Å². The number of hydrogen-bond donors (Lipinski definition) is 2. The van der Waals surface area contributed by atoms with Crippen LogP contribution in [0.15, 0.2) is 59.8 Å². The molecule has 0 unspecified atom stereocenters. The molecule has 2 heterocycles. The third-order valence-electron chi connectivity index (χ3n) is 4.58. The van der Waals surface area contributed by atoms with E-state index in [4.69, 9.17) is 6.57 Å². The Bertz CT molecular complexity index is 1520. The van der Waals surface area contributed by atoms with Gasteiger partial charge in [0.1, 0.15) is 17.3 Å². The third kappa shape index (κ3) is 3.67. The molecule has 0 spiro atoms. The molecule has 2 N–H and O–H groups in total. The summed E-state index contributed by atoms with van der Waals surface area (Å²) in [6.45, 7) is 7.06. The number of anilines is 1. The third-order valence-corrected chi connectivity index (χ3v) is 5.96. The van der Waals surface area contributed by atoms with Crippen molar-refractivity contribution in [1.29, 1.82) is 0 Å². The Kier molecular flexibility index (Phi) is 5.15. The van der Waals surface area contributed by atoms with Crippen LogP contribution >= 0.6 is 0 Å². The highest BCUT2D eigenvalue weighted by Crippen LogP contribution is 2.29. The molecule has 0 saturated heterocycles. The van der Waals surface area contributed by atoms with E-state index in [1.54, 1.807) is 0 Å². The first kappa shape index (κ1) is 21.1. The molecule has 2 aromatic heterocycles. The highest BCUT2D eigenvalue weighted by atomic mass is 32.2. The maximum Gasteiger partial charge on any atom is 0.261 e. The Morgan fingerprint density at radius 3 is 2.50 bits per heavy atom. The van der Waals surface area contributed by atoms with E-state index in [2.05, 4.69) is 14.8 Å². The van der Waals surface area contributed by atoms with Gasteiger partial charge in [0.2, 0.25) is 11.5 Å². The smallest absolute Gasteiger partial charge is 0.261 e. The quantitative estimate of drug-likeness (QED) is 0.340. The number of H-pyrrole nitrogens is 1. The minimum Gasteiger partial charge on any atom is -0.345 e. The molecule has 2 aromatic carbocycles. The fraction of sp³-hybridized carbons (Fsp3) is 0. The lowest BCUT2D eigenvalue weighted by molar-refractivity contribution is 0.103. The number of nitrogens with one attached hydrogen (secondary N) is 2. The number of sulfonamides is 1. The van der Waals surface area contributed by atoms with Gasteiger partial charge in [-0.2, -0.15) is 0 Å². The first-order valence-electron chi connectivity index (χ1n) is 8.87. The Labute approximate surface area is 179 Å². The van der Waals surface area contributed by atoms with Gasteiger partial charge in [0.15, 0.2) is 5.82 Å². The van der Waals surface area contributed by atoms with Crippen molar-refractivity contribution < 1.29 is 26.4 Å². The van der Waals surface area contributed by atoms with Gasteiger partial charge in [-0.3, -0.25) is 14.5 Å². The molecule has 0 aliphatic carbocycles. The van der Waals surface area contributed by atoms with Gasteiger partial charge >= 0.3 is 0 Å². The van der Waals surface area contributed by atoms with Crippen LogP contribution in [0.4, 0.5) is 24.5 Å². The zero-order chi connectivity index (χ0) is 23.0. The van der Waals surface area contributed by atoms with Crippen molar-refractivity contribution in [2.24, 2.45) is 0 Å². The zero-order valence-electron chi connectivity index (χ0n) is 15.9. The van der Waals surface area contributed by atoms with E-state index in [0.29, 0.717) is 0 Å². The first-order chi connectivity index (χ1) is 15.2. The molecule has 0 amide bonds. The second kappa shape index (κ2) is 7.82. The number of aromatic nitrogens is 2. The Morgan fingerprint density at radius 2 is 1.81 bits per heavy atom. The molecule has 4 rings (SSSR count). The van der Waals surface area contributed by atoms with Gasteiger partial charge in [-0.1, -0.05) is 0 Å². The molecule has 0 aliphatic heterocycles. The van der Waals surface area contributed by atoms with Gasteiger partial charge in [-0.05, 0) is 42.5 Å². The number of ketones is 1. The lowest BCUT2D eigenvalue weighted by Crippen LogP contribution is -2.16. The van der Waals surface area contributed by atoms with Crippen LogP contribution < -0.4 is 4.72 Å². The largest absolute Gasteiger partial charge is 0.345 e. The monoisotopic (exact) mass is 456 g/mol. The number of carbonyl (C=O) groups excluding carboxylic acids is 1. The molecule has 0 fully saturated rings. The molecule has 11 heteroatoms. The van der Waals surface area contributed by atoms with E-state index < -0.39 is 44.5 Å². The van der Waals surface area contributed by atoms with Gasteiger partial charge in [-0.15, -0.1) is 0 Å². The minimum atomic E-state index is -4.35. The van der Waals surface area contributed by atoms with Crippen molar-refractivity contribution >= 4 is 38.2 Å². The molecule has 4 aromatic rings. The summed E-state index contributed by atoms with van der Waals surface area (Å²) in [6.07, 6.45) is 2.47. The van der Waals surface area contributed by atoms with Gasteiger partial charge < -0.3 is 4.98 Å². The number of hydrogen-bond acceptors (Lipinski definition) is 4. The predicted molar refractivity (Wildman–Crippen MR) is 109 cm³/mol. The molecular weight excluding hydrogens is 445 g/mol. The standard InChI is InChI=1S/C21H11F3N4O3S/c1-25-12-8-14-15(10-27-21(14)26-9-12)20(29)18-16(23)6-7-17(19(18)24)28-32(30,31)13-4-2-11(22)3-5-13/h2-10,28H,(H,26,27). The SMILES string of the molecule is [C-]#[N+]c1cnc2[nH]cc(C(=O)c3c(F)ccc(NS(=O)(=O)c4ccc(F)cc4)c3F)c2c1. The van der Waals surface area contributed by atoms with E-state index in [9.17, 15) is 22.0 Å². The summed E-state index contributed by atoms with van der Waals surface area (Å²) in [5, 5.41) is 0.180. The molecule has 7 nitrogen and oxygen atoms in total. The van der Waals surface area contributed by atoms with Crippen molar-refractivity contribution in [3.63, 3.8) is 0 Å². The highest BCUT2D eigenvalue weighted by molar-refractivity contribution is 7.92. The van der Waals surface area contributed by atoms with Gasteiger partial charge in [0.05, 0.1) is 22.7 Å². The van der Waals surface area contributed by atoms with Crippen molar-refractivity contribution in [2.75, 3.05) is 4.72 Å². The number of aromatic amines is 1. The molecule has 32 heavy (non-hydrogen) atoms. The molecular formula is C21H11F3N4O3S. The van der Waals surface area contributed by atoms with E-state index in [0.717, 1.165) is 36.4 Å². The number of rotatable bonds is 5. The Hall–Kier alpha value is -4.17. The highest BCUT2D eigenvalue weighted by Gasteiger charge is 2.26. The lowest BCUT2D eigenvalue weighted by atomic mass is 10.0. The number of fused-ring (bicyclic) bond motifs is 1. The molecule has 0 radical (unpaired) electrons. The average Bonchev–Trinajstić information content (AvgIpc) is 3.19. The van der Waals surface area contributed by atoms with Crippen LogP contribution in [0.2, 0.25) is 0 Å². The Morgan fingerprint density at radius 1 is 1.09 bits per heavy atom. The van der Waals surface area contributed by atoms with Gasteiger partial charge in [-0.25, -0.2) is 26.4 Å². The zero-order valence-corrected chi connectivity index (χ0v) is 16.7. The summed E-state index contributed by atoms with van der Waals surface area (Å²) in [5.41, 5.74) is -1.45. The topological polar surface area (TPSA) is 96.3 Å². The van der Waals surface area contributed by atoms with Gasteiger partial charge in [0.25, 0.3) is 10.0 Å². The summed E-state index contributed by atoms with van der Waals surface area (Å²) in [7, 11) is -4.35. The summed E-state index contributed by atoms with van der Waals surface area (Å²) >= 11 is 0. The predicted octanol–water partition coefficient (Wildman–Crippen LogP) is 4.56. The van der Waals surface area contributed by atoms with E-state index in [1.807, 2.05) is 4.72 Å². The number of pyridine rings is 1. The lowest BCUT2D eigenvalue weighted by Gasteiger charge is -2.12.